The number of aromatic nitrogens is 1. The summed E-state index contributed by atoms with van der Waals surface area (Å²) >= 11 is 0. The van der Waals surface area contributed by atoms with Crippen LogP contribution >= 0.6 is 0 Å². The van der Waals surface area contributed by atoms with Gasteiger partial charge in [-0.15, -0.1) is 0 Å². The molecule has 3 amide bonds. The fraction of sp³-hybridized carbons (Fsp3) is 0.517. The lowest BCUT2D eigenvalue weighted by Crippen LogP contribution is -2.61. The summed E-state index contributed by atoms with van der Waals surface area (Å²) in [7, 11) is 1.51. The predicted molar refractivity (Wildman–Crippen MR) is 144 cm³/mol. The van der Waals surface area contributed by atoms with Crippen molar-refractivity contribution in [2.24, 2.45) is 5.92 Å². The number of nitrogens with zero attached hydrogens (tertiary/aromatic N) is 1. The van der Waals surface area contributed by atoms with E-state index in [1.807, 2.05) is 0 Å². The fourth-order valence-electron chi connectivity index (χ4n) is 6.06. The Balaban J connectivity index is 1.46. The zero-order valence-corrected chi connectivity index (χ0v) is 23.0. The van der Waals surface area contributed by atoms with Gasteiger partial charge in [0.15, 0.2) is 0 Å². The van der Waals surface area contributed by atoms with Gasteiger partial charge in [-0.1, -0.05) is 19.1 Å². The highest BCUT2D eigenvalue weighted by atomic mass is 19.3. The zero-order valence-electron chi connectivity index (χ0n) is 23.0. The van der Waals surface area contributed by atoms with Crippen molar-refractivity contribution in [3.05, 3.63) is 41.6 Å². The lowest BCUT2D eigenvalue weighted by Gasteiger charge is -2.44. The van der Waals surface area contributed by atoms with Crippen molar-refractivity contribution >= 4 is 34.6 Å². The average molecular weight is 573 g/mol. The number of cyclic esters (lactones) is 1. The molecule has 41 heavy (non-hydrogen) atoms. The molecule has 5 rings (SSSR count). The van der Waals surface area contributed by atoms with Crippen molar-refractivity contribution in [3.8, 4) is 5.75 Å². The summed E-state index contributed by atoms with van der Waals surface area (Å²) in [6.07, 6.45) is 1.43. The standard InChI is InChI=1S/C29H34F2N4O6/c1-3-19-14-29(30,31)15-23(35(19)27(38)22-13-20-21(34-22)5-4-6-24(20)40-2)26(37)33-18(11-16-7-9-32-25(16)36)12-17-8-10-41-28(17)39/h4-6,12-13,16,18-19,23,34H,3,7-11,14-15H2,1-2H3,(H,32,36)(H,33,37)/b17-12-/t16-,18-,19-,23-/m0/s1. The molecule has 4 heterocycles. The number of amides is 3. The minimum atomic E-state index is -3.17. The van der Waals surface area contributed by atoms with E-state index in [0.29, 0.717) is 41.6 Å². The number of halogens is 2. The molecule has 10 nitrogen and oxygen atoms in total. The van der Waals surface area contributed by atoms with Gasteiger partial charge in [0, 0.05) is 60.3 Å². The van der Waals surface area contributed by atoms with Crippen LogP contribution in [-0.4, -0.2) is 77.9 Å². The number of benzene rings is 1. The van der Waals surface area contributed by atoms with Crippen LogP contribution in [0, 0.1) is 5.92 Å². The first kappa shape index (κ1) is 28.6. The number of esters is 1. The molecular formula is C29H34F2N4O6. The Labute approximate surface area is 235 Å². The summed E-state index contributed by atoms with van der Waals surface area (Å²) < 4.78 is 40.4. The molecule has 0 spiro atoms. The maximum absolute atomic E-state index is 15.0. The van der Waals surface area contributed by atoms with E-state index < -0.39 is 60.6 Å². The van der Waals surface area contributed by atoms with Gasteiger partial charge in [0.2, 0.25) is 11.8 Å². The van der Waals surface area contributed by atoms with Gasteiger partial charge in [-0.3, -0.25) is 14.4 Å². The van der Waals surface area contributed by atoms with Gasteiger partial charge in [-0.25, -0.2) is 13.6 Å². The maximum Gasteiger partial charge on any atom is 0.333 e. The van der Waals surface area contributed by atoms with Gasteiger partial charge in [0.1, 0.15) is 17.5 Å². The summed E-state index contributed by atoms with van der Waals surface area (Å²) in [4.78, 5) is 56.4. The number of likely N-dealkylation sites (tertiary alicyclic amines) is 1. The SMILES string of the molecule is CC[C@H]1CC(F)(F)C[C@@H](C(=O)N[C@H](/C=C2/CCOC2=O)C[C@@H]2CCNC2=O)N1C(=O)c1cc2c(OC)cccc2[nH]1. The second kappa shape index (κ2) is 11.5. The van der Waals surface area contributed by atoms with Crippen molar-refractivity contribution in [1.29, 1.82) is 0 Å². The first-order valence-electron chi connectivity index (χ1n) is 13.9. The number of rotatable bonds is 8. The number of carbonyl (C=O) groups is 4. The number of H-pyrrole nitrogens is 1. The number of aromatic amines is 1. The molecule has 3 N–H and O–H groups in total. The summed E-state index contributed by atoms with van der Waals surface area (Å²) in [5.74, 6) is -5.06. The first-order valence-corrected chi connectivity index (χ1v) is 13.9. The molecule has 0 radical (unpaired) electrons. The summed E-state index contributed by atoms with van der Waals surface area (Å²) in [6.45, 7) is 2.40. The molecule has 1 aromatic heterocycles. The van der Waals surface area contributed by atoms with Crippen LogP contribution in [0.25, 0.3) is 10.9 Å². The van der Waals surface area contributed by atoms with Gasteiger partial charge in [0.05, 0.1) is 13.7 Å². The minimum absolute atomic E-state index is 0.154. The van der Waals surface area contributed by atoms with E-state index in [1.165, 1.54) is 12.0 Å². The van der Waals surface area contributed by atoms with Crippen LogP contribution in [0.1, 0.15) is 55.9 Å². The normalized spacial score (nSPS) is 25.7. The Morgan fingerprint density at radius 3 is 2.76 bits per heavy atom. The summed E-state index contributed by atoms with van der Waals surface area (Å²) in [5, 5.41) is 6.19. The Kier molecular flexibility index (Phi) is 8.01. The van der Waals surface area contributed by atoms with E-state index >= 15 is 0 Å². The molecule has 0 unspecified atom stereocenters. The topological polar surface area (TPSA) is 130 Å². The third-order valence-electron chi connectivity index (χ3n) is 8.14. The molecule has 220 valence electrons. The highest BCUT2D eigenvalue weighted by Gasteiger charge is 2.50. The predicted octanol–water partition coefficient (Wildman–Crippen LogP) is 3.08. The van der Waals surface area contributed by atoms with Gasteiger partial charge in [0.25, 0.3) is 11.8 Å². The van der Waals surface area contributed by atoms with Crippen LogP contribution in [0.5, 0.6) is 5.75 Å². The van der Waals surface area contributed by atoms with E-state index in [0.717, 1.165) is 0 Å². The fourth-order valence-corrected chi connectivity index (χ4v) is 6.06. The molecule has 0 aliphatic carbocycles. The quantitative estimate of drug-likeness (QED) is 0.329. The summed E-state index contributed by atoms with van der Waals surface area (Å²) in [5.41, 5.74) is 1.14. The molecule has 3 fully saturated rings. The van der Waals surface area contributed by atoms with Gasteiger partial charge >= 0.3 is 5.97 Å². The third-order valence-corrected chi connectivity index (χ3v) is 8.14. The molecule has 0 saturated carbocycles. The number of hydrogen-bond donors (Lipinski definition) is 3. The van der Waals surface area contributed by atoms with Crippen molar-refractivity contribution in [3.63, 3.8) is 0 Å². The lowest BCUT2D eigenvalue weighted by molar-refractivity contribution is -0.140. The van der Waals surface area contributed by atoms with E-state index in [4.69, 9.17) is 9.47 Å². The van der Waals surface area contributed by atoms with Crippen molar-refractivity contribution < 1.29 is 37.4 Å². The van der Waals surface area contributed by atoms with Crippen LogP contribution in [0.15, 0.2) is 35.9 Å². The van der Waals surface area contributed by atoms with E-state index in [1.54, 1.807) is 37.3 Å². The van der Waals surface area contributed by atoms with Crippen LogP contribution < -0.4 is 15.4 Å². The number of alkyl halides is 2. The largest absolute Gasteiger partial charge is 0.496 e. The van der Waals surface area contributed by atoms with Crippen LogP contribution in [-0.2, 0) is 19.1 Å². The highest BCUT2D eigenvalue weighted by Crippen LogP contribution is 2.38. The number of methoxy groups -OCH3 is 1. The Hall–Kier alpha value is -3.96. The average Bonchev–Trinajstić information content (AvgIpc) is 3.67. The molecule has 12 heteroatoms. The Morgan fingerprint density at radius 2 is 2.10 bits per heavy atom. The minimum Gasteiger partial charge on any atom is -0.496 e. The molecule has 2 aromatic rings. The number of nitrogens with one attached hydrogen (secondary N) is 3. The van der Waals surface area contributed by atoms with Gasteiger partial charge in [-0.05, 0) is 37.5 Å². The maximum atomic E-state index is 15.0. The Morgan fingerprint density at radius 1 is 1.29 bits per heavy atom. The first-order chi connectivity index (χ1) is 19.6. The molecule has 4 atom stereocenters. The molecule has 1 aromatic carbocycles. The number of carbonyl (C=O) groups excluding carboxylic acids is 4. The van der Waals surface area contributed by atoms with Crippen LogP contribution in [0.2, 0.25) is 0 Å². The second-order valence-electron chi connectivity index (χ2n) is 10.9. The highest BCUT2D eigenvalue weighted by molar-refractivity contribution is 6.02. The monoisotopic (exact) mass is 572 g/mol. The second-order valence-corrected chi connectivity index (χ2v) is 10.9. The van der Waals surface area contributed by atoms with Crippen LogP contribution in [0.3, 0.4) is 0 Å². The van der Waals surface area contributed by atoms with E-state index in [-0.39, 0.29) is 31.0 Å². The van der Waals surface area contributed by atoms with Gasteiger partial charge < -0.3 is 30.0 Å². The molecule has 3 saturated heterocycles. The molecule has 3 aliphatic heterocycles. The molecule has 3 aliphatic rings. The number of hydrogen-bond acceptors (Lipinski definition) is 6. The van der Waals surface area contributed by atoms with Gasteiger partial charge in [-0.2, -0.15) is 0 Å². The van der Waals surface area contributed by atoms with Crippen molar-refractivity contribution in [1.82, 2.24) is 20.5 Å². The zero-order chi connectivity index (χ0) is 29.3. The van der Waals surface area contributed by atoms with Crippen LogP contribution in [0.4, 0.5) is 8.78 Å². The summed E-state index contributed by atoms with van der Waals surface area (Å²) in [6, 6.07) is 3.72. The number of piperidine rings is 1. The molecular weight excluding hydrogens is 538 g/mol. The van der Waals surface area contributed by atoms with Crippen molar-refractivity contribution in [2.75, 3.05) is 20.3 Å². The third kappa shape index (κ3) is 5.91. The number of ether oxygens (including phenoxy) is 2. The Bertz CT molecular complexity index is 1390. The number of fused-ring (bicyclic) bond motifs is 1. The van der Waals surface area contributed by atoms with E-state index in [2.05, 4.69) is 15.6 Å². The lowest BCUT2D eigenvalue weighted by atomic mass is 9.89. The van der Waals surface area contributed by atoms with Crippen molar-refractivity contribution in [2.45, 2.75) is 69.5 Å². The molecule has 0 bridgehead atoms. The smallest absolute Gasteiger partial charge is 0.333 e. The van der Waals surface area contributed by atoms with E-state index in [9.17, 15) is 28.0 Å².